The van der Waals surface area contributed by atoms with Gasteiger partial charge in [-0.3, -0.25) is 9.59 Å². The lowest BCUT2D eigenvalue weighted by atomic mass is 10.0. The molecule has 518 valence electrons. The third kappa shape index (κ3) is 73.5. The van der Waals surface area contributed by atoms with E-state index in [2.05, 4.69) is 31.3 Å². The molecule has 0 fully saturated rings. The topological polar surface area (TPSA) is 95.9 Å². The molecule has 0 aliphatic carbocycles. The van der Waals surface area contributed by atoms with Crippen molar-refractivity contribution < 1.29 is 24.5 Å². The summed E-state index contributed by atoms with van der Waals surface area (Å²) < 4.78 is 5.52. The zero-order valence-electron chi connectivity index (χ0n) is 59.5. The molecule has 0 aromatic carbocycles. The smallest absolute Gasteiger partial charge is 0.305 e. The highest BCUT2D eigenvalue weighted by atomic mass is 16.5. The van der Waals surface area contributed by atoms with Gasteiger partial charge in [0.25, 0.3) is 0 Å². The average Bonchev–Trinajstić information content (AvgIpc) is 3.54. The Morgan fingerprint density at radius 1 is 0.310 bits per heavy atom. The van der Waals surface area contributed by atoms with Crippen LogP contribution in [0.5, 0.6) is 0 Å². The molecule has 87 heavy (non-hydrogen) atoms. The molecule has 0 spiro atoms. The maximum Gasteiger partial charge on any atom is 0.305 e. The lowest BCUT2D eigenvalue weighted by molar-refractivity contribution is -0.143. The van der Waals surface area contributed by atoms with E-state index in [1.165, 1.54) is 398 Å². The first-order valence-corrected chi connectivity index (χ1v) is 40.4. The molecule has 0 aliphatic heterocycles. The van der Waals surface area contributed by atoms with Gasteiger partial charge in [0.1, 0.15) is 0 Å². The van der Waals surface area contributed by atoms with Crippen LogP contribution in [0.15, 0.2) is 12.2 Å². The molecular formula is C81H159NO5. The van der Waals surface area contributed by atoms with Gasteiger partial charge >= 0.3 is 5.97 Å². The third-order valence-electron chi connectivity index (χ3n) is 19.3. The fraction of sp³-hybridized carbons (Fsp3) is 0.951. The van der Waals surface area contributed by atoms with Gasteiger partial charge in [0.2, 0.25) is 5.91 Å². The van der Waals surface area contributed by atoms with Gasteiger partial charge in [-0.1, -0.05) is 418 Å². The van der Waals surface area contributed by atoms with Gasteiger partial charge < -0.3 is 20.3 Å². The number of hydrogen-bond donors (Lipinski definition) is 3. The molecule has 1 amide bonds. The Morgan fingerprint density at radius 3 is 0.816 bits per heavy atom. The van der Waals surface area contributed by atoms with Crippen LogP contribution < -0.4 is 5.32 Å². The number of nitrogens with one attached hydrogen (secondary N) is 1. The van der Waals surface area contributed by atoms with Crippen molar-refractivity contribution in [1.29, 1.82) is 0 Å². The zero-order chi connectivity index (χ0) is 62.8. The van der Waals surface area contributed by atoms with Crippen LogP contribution in [0.1, 0.15) is 470 Å². The molecule has 0 aliphatic rings. The van der Waals surface area contributed by atoms with Crippen molar-refractivity contribution >= 4 is 11.9 Å². The summed E-state index contributed by atoms with van der Waals surface area (Å²) in [5.74, 6) is -0.00293. The van der Waals surface area contributed by atoms with Crippen molar-refractivity contribution in [2.45, 2.75) is 482 Å². The second kappa shape index (κ2) is 77.1. The fourth-order valence-electron chi connectivity index (χ4n) is 13.2. The van der Waals surface area contributed by atoms with Crippen LogP contribution in [-0.2, 0) is 14.3 Å². The normalized spacial score (nSPS) is 12.5. The third-order valence-corrected chi connectivity index (χ3v) is 19.3. The predicted octanol–water partition coefficient (Wildman–Crippen LogP) is 26.7. The minimum Gasteiger partial charge on any atom is -0.466 e. The summed E-state index contributed by atoms with van der Waals surface area (Å²) in [5, 5.41) is 23.4. The Morgan fingerprint density at radius 2 is 0.540 bits per heavy atom. The van der Waals surface area contributed by atoms with Gasteiger partial charge in [0.05, 0.1) is 25.4 Å². The fourth-order valence-corrected chi connectivity index (χ4v) is 13.2. The van der Waals surface area contributed by atoms with Crippen molar-refractivity contribution in [3.63, 3.8) is 0 Å². The van der Waals surface area contributed by atoms with Crippen LogP contribution in [0.25, 0.3) is 0 Å². The number of aliphatic hydroxyl groups is 2. The summed E-state index contributed by atoms with van der Waals surface area (Å²) in [6, 6.07) is -0.538. The van der Waals surface area contributed by atoms with Gasteiger partial charge in [-0.05, 0) is 51.4 Å². The average molecular weight is 1230 g/mol. The minimum absolute atomic E-state index is 0.0222. The monoisotopic (exact) mass is 1230 g/mol. The van der Waals surface area contributed by atoms with Gasteiger partial charge in [0.15, 0.2) is 0 Å². The van der Waals surface area contributed by atoms with Gasteiger partial charge in [0, 0.05) is 12.8 Å². The number of unbranched alkanes of at least 4 members (excludes halogenated alkanes) is 64. The van der Waals surface area contributed by atoms with Crippen LogP contribution in [0.4, 0.5) is 0 Å². The maximum absolute atomic E-state index is 12.6. The molecule has 6 heteroatoms. The molecule has 0 aromatic rings. The minimum atomic E-state index is -0.661. The summed E-state index contributed by atoms with van der Waals surface area (Å²) in [5.41, 5.74) is 0. The van der Waals surface area contributed by atoms with Gasteiger partial charge in [-0.2, -0.15) is 0 Å². The Kier molecular flexibility index (Phi) is 75.8. The molecule has 6 nitrogen and oxygen atoms in total. The van der Waals surface area contributed by atoms with Crippen molar-refractivity contribution in [1.82, 2.24) is 5.32 Å². The van der Waals surface area contributed by atoms with Crippen molar-refractivity contribution in [3.05, 3.63) is 12.2 Å². The van der Waals surface area contributed by atoms with E-state index < -0.39 is 12.1 Å². The van der Waals surface area contributed by atoms with Crippen LogP contribution in [0.3, 0.4) is 0 Å². The van der Waals surface area contributed by atoms with Crippen LogP contribution in [0.2, 0.25) is 0 Å². The molecule has 0 heterocycles. The molecule has 0 bridgehead atoms. The summed E-state index contributed by atoms with van der Waals surface area (Å²) in [7, 11) is 0. The first-order chi connectivity index (χ1) is 43.0. The number of allylic oxidation sites excluding steroid dienone is 2. The van der Waals surface area contributed by atoms with E-state index >= 15 is 0 Å². The molecule has 0 saturated heterocycles. The summed E-state index contributed by atoms with van der Waals surface area (Å²) in [4.78, 5) is 24.7. The SMILES string of the molecule is CCCCCCCC/C=C\CCCCCCCCCCCC(=O)OCCCCCCCCCCCCCCCCCCCCCCCCCCCCCCCCCCC(=O)NC(CO)C(O)CCCCCCCCCCCCCCCCCCCCC. The number of carbonyl (C=O) groups is 2. The first kappa shape index (κ1) is 85.6. The number of carbonyl (C=O) groups excluding carboxylic acids is 2. The second-order valence-electron chi connectivity index (χ2n) is 28.1. The van der Waals surface area contributed by atoms with Crippen LogP contribution in [-0.4, -0.2) is 47.4 Å². The molecular weight excluding hydrogens is 1070 g/mol. The van der Waals surface area contributed by atoms with E-state index in [1.54, 1.807) is 0 Å². The maximum atomic E-state index is 12.6. The van der Waals surface area contributed by atoms with E-state index in [0.29, 0.717) is 25.9 Å². The molecule has 0 rings (SSSR count). The Bertz CT molecular complexity index is 1320. The lowest BCUT2D eigenvalue weighted by Crippen LogP contribution is -2.45. The number of rotatable bonds is 77. The van der Waals surface area contributed by atoms with Crippen LogP contribution >= 0.6 is 0 Å². The number of hydrogen-bond acceptors (Lipinski definition) is 5. The van der Waals surface area contributed by atoms with Gasteiger partial charge in [-0.15, -0.1) is 0 Å². The van der Waals surface area contributed by atoms with Crippen molar-refractivity contribution in [2.24, 2.45) is 0 Å². The quantitative estimate of drug-likeness (QED) is 0.0320. The van der Waals surface area contributed by atoms with E-state index in [0.717, 1.165) is 38.5 Å². The first-order valence-electron chi connectivity index (χ1n) is 40.4. The number of amides is 1. The summed E-state index contributed by atoms with van der Waals surface area (Å²) in [6.07, 6.45) is 97.4. The Balaban J connectivity index is 3.31. The summed E-state index contributed by atoms with van der Waals surface area (Å²) in [6.45, 7) is 5.01. The highest BCUT2D eigenvalue weighted by molar-refractivity contribution is 5.76. The van der Waals surface area contributed by atoms with Gasteiger partial charge in [-0.25, -0.2) is 0 Å². The number of aliphatic hydroxyl groups excluding tert-OH is 2. The number of esters is 1. The van der Waals surface area contributed by atoms with E-state index in [-0.39, 0.29) is 18.5 Å². The molecule has 2 atom stereocenters. The molecule has 0 aromatic heterocycles. The standard InChI is InChI=1S/C81H159NO5/c1-3-5-7-9-11-13-15-17-19-21-37-41-45-49-53-57-61-65-69-73-79(84)78(77-83)82-80(85)74-70-66-62-58-54-50-46-42-39-35-33-31-29-27-25-23-24-26-28-30-32-34-36-40-44-48-52-56-60-64-68-72-76-87-81(86)75-71-67-63-59-55-51-47-43-38-22-20-18-16-14-12-10-8-6-4-2/h18,20,78-79,83-84H,3-17,19,21-77H2,1-2H3,(H,82,85)/b20-18-. The molecule has 0 radical (unpaired) electrons. The lowest BCUT2D eigenvalue weighted by Gasteiger charge is -2.22. The van der Waals surface area contributed by atoms with Crippen molar-refractivity contribution in [2.75, 3.05) is 13.2 Å². The Hall–Kier alpha value is -1.40. The van der Waals surface area contributed by atoms with Crippen LogP contribution in [0, 0.1) is 0 Å². The van der Waals surface area contributed by atoms with E-state index in [1.807, 2.05) is 0 Å². The Labute approximate surface area is 546 Å². The summed E-state index contributed by atoms with van der Waals surface area (Å²) >= 11 is 0. The molecule has 2 unspecified atom stereocenters. The van der Waals surface area contributed by atoms with E-state index in [4.69, 9.17) is 4.74 Å². The largest absolute Gasteiger partial charge is 0.466 e. The zero-order valence-corrected chi connectivity index (χ0v) is 59.5. The van der Waals surface area contributed by atoms with E-state index in [9.17, 15) is 19.8 Å². The second-order valence-corrected chi connectivity index (χ2v) is 28.1. The highest BCUT2D eigenvalue weighted by Gasteiger charge is 2.20. The van der Waals surface area contributed by atoms with Crippen molar-refractivity contribution in [3.8, 4) is 0 Å². The predicted molar refractivity (Wildman–Crippen MR) is 384 cm³/mol. The number of ether oxygens (including phenoxy) is 1. The highest BCUT2D eigenvalue weighted by Crippen LogP contribution is 2.20. The molecule has 3 N–H and O–H groups in total. The molecule has 0 saturated carbocycles.